The van der Waals surface area contributed by atoms with Gasteiger partial charge in [0, 0.05) is 13.1 Å². The van der Waals surface area contributed by atoms with Crippen LogP contribution in [0.4, 0.5) is 0 Å². The summed E-state index contributed by atoms with van der Waals surface area (Å²) in [5.74, 6) is 0.672. The summed E-state index contributed by atoms with van der Waals surface area (Å²) in [5.41, 5.74) is 0. The third kappa shape index (κ3) is 5.67. The van der Waals surface area contributed by atoms with E-state index in [1.54, 1.807) is 17.0 Å². The van der Waals surface area contributed by atoms with Crippen molar-refractivity contribution >= 4 is 15.9 Å². The average molecular weight is 398 g/mol. The molecule has 0 spiro atoms. The highest BCUT2D eigenvalue weighted by molar-refractivity contribution is 7.89. The van der Waals surface area contributed by atoms with Crippen LogP contribution in [-0.2, 0) is 14.8 Å². The standard InChI is InChI=1S/C19H31N3O4S/c1-14(2)18(19(23)22-11-5-6-15(13-22)12-20-3)21-27(24,25)17-9-7-16(26-4)8-10-17/h7-10,14-15,18,20-21H,5-6,11-13H2,1-4H3. The van der Waals surface area contributed by atoms with Crippen LogP contribution in [0.5, 0.6) is 5.75 Å². The van der Waals surface area contributed by atoms with Gasteiger partial charge in [-0.25, -0.2) is 8.42 Å². The lowest BCUT2D eigenvalue weighted by Crippen LogP contribution is -2.54. The van der Waals surface area contributed by atoms with Gasteiger partial charge in [0.1, 0.15) is 11.8 Å². The molecule has 8 heteroatoms. The van der Waals surface area contributed by atoms with Crippen LogP contribution in [0.15, 0.2) is 29.2 Å². The van der Waals surface area contributed by atoms with Crippen molar-refractivity contribution < 1.29 is 17.9 Å². The van der Waals surface area contributed by atoms with Gasteiger partial charge < -0.3 is 15.0 Å². The van der Waals surface area contributed by atoms with Gasteiger partial charge in [-0.15, -0.1) is 0 Å². The zero-order chi connectivity index (χ0) is 20.0. The number of amides is 1. The van der Waals surface area contributed by atoms with Crippen molar-refractivity contribution in [1.29, 1.82) is 0 Å². The summed E-state index contributed by atoms with van der Waals surface area (Å²) in [6.07, 6.45) is 2.02. The number of carbonyl (C=O) groups is 1. The predicted octanol–water partition coefficient (Wildman–Crippen LogP) is 1.46. The van der Waals surface area contributed by atoms with Gasteiger partial charge in [0.15, 0.2) is 0 Å². The highest BCUT2D eigenvalue weighted by Gasteiger charge is 2.33. The number of hydrogen-bond acceptors (Lipinski definition) is 5. The van der Waals surface area contributed by atoms with Crippen LogP contribution in [-0.4, -0.2) is 59.1 Å². The fraction of sp³-hybridized carbons (Fsp3) is 0.632. The molecule has 1 saturated heterocycles. The first-order valence-electron chi connectivity index (χ1n) is 9.38. The number of carbonyl (C=O) groups excluding carboxylic acids is 1. The molecule has 27 heavy (non-hydrogen) atoms. The summed E-state index contributed by atoms with van der Waals surface area (Å²) in [4.78, 5) is 15.0. The van der Waals surface area contributed by atoms with E-state index in [0.29, 0.717) is 24.8 Å². The van der Waals surface area contributed by atoms with Crippen LogP contribution >= 0.6 is 0 Å². The van der Waals surface area contributed by atoms with Crippen LogP contribution in [0, 0.1) is 11.8 Å². The summed E-state index contributed by atoms with van der Waals surface area (Å²) in [7, 11) is -0.376. The zero-order valence-electron chi connectivity index (χ0n) is 16.6. The second-order valence-electron chi connectivity index (χ2n) is 7.37. The number of piperidine rings is 1. The Balaban J connectivity index is 2.14. The zero-order valence-corrected chi connectivity index (χ0v) is 17.4. The molecule has 1 fully saturated rings. The molecule has 2 unspecified atom stereocenters. The Kier molecular flexibility index (Phi) is 7.64. The van der Waals surface area contributed by atoms with Crippen molar-refractivity contribution in [3.8, 4) is 5.75 Å². The van der Waals surface area contributed by atoms with Gasteiger partial charge in [0.05, 0.1) is 12.0 Å². The highest BCUT2D eigenvalue weighted by atomic mass is 32.2. The molecule has 0 aliphatic carbocycles. The van der Waals surface area contributed by atoms with Gasteiger partial charge in [0.25, 0.3) is 0 Å². The van der Waals surface area contributed by atoms with Crippen LogP contribution in [0.2, 0.25) is 0 Å². The minimum Gasteiger partial charge on any atom is -0.497 e. The Morgan fingerprint density at radius 2 is 1.96 bits per heavy atom. The van der Waals surface area contributed by atoms with Gasteiger partial charge in [-0.1, -0.05) is 13.8 Å². The summed E-state index contributed by atoms with van der Waals surface area (Å²) in [6, 6.07) is 5.35. The minimum atomic E-state index is -3.80. The van der Waals surface area contributed by atoms with E-state index >= 15 is 0 Å². The Morgan fingerprint density at radius 3 is 2.52 bits per heavy atom. The van der Waals surface area contributed by atoms with E-state index in [9.17, 15) is 13.2 Å². The molecule has 1 aliphatic rings. The number of benzene rings is 1. The first kappa shape index (κ1) is 21.7. The first-order chi connectivity index (χ1) is 12.8. The van der Waals surface area contributed by atoms with Crippen molar-refractivity contribution in [2.75, 3.05) is 33.8 Å². The normalized spacial score (nSPS) is 19.1. The van der Waals surface area contributed by atoms with Crippen LogP contribution < -0.4 is 14.8 Å². The number of nitrogens with one attached hydrogen (secondary N) is 2. The number of likely N-dealkylation sites (tertiary alicyclic amines) is 1. The first-order valence-corrected chi connectivity index (χ1v) is 10.9. The molecule has 7 nitrogen and oxygen atoms in total. The molecule has 152 valence electrons. The van der Waals surface area contributed by atoms with E-state index < -0.39 is 16.1 Å². The number of hydrogen-bond donors (Lipinski definition) is 2. The molecule has 1 aromatic rings. The van der Waals surface area contributed by atoms with Gasteiger partial charge in [0.2, 0.25) is 15.9 Å². The molecule has 1 amide bonds. The van der Waals surface area contributed by atoms with E-state index in [4.69, 9.17) is 4.74 Å². The number of methoxy groups -OCH3 is 1. The molecule has 1 aliphatic heterocycles. The fourth-order valence-electron chi connectivity index (χ4n) is 3.38. The van der Waals surface area contributed by atoms with Gasteiger partial charge in [-0.3, -0.25) is 4.79 Å². The minimum absolute atomic E-state index is 0.119. The topological polar surface area (TPSA) is 87.7 Å². The van der Waals surface area contributed by atoms with E-state index in [0.717, 1.165) is 19.4 Å². The van der Waals surface area contributed by atoms with Crippen molar-refractivity contribution in [3.63, 3.8) is 0 Å². The van der Waals surface area contributed by atoms with Gasteiger partial charge >= 0.3 is 0 Å². The predicted molar refractivity (Wildman–Crippen MR) is 105 cm³/mol. The molecule has 2 N–H and O–H groups in total. The maximum Gasteiger partial charge on any atom is 0.241 e. The van der Waals surface area contributed by atoms with Crippen molar-refractivity contribution in [2.24, 2.45) is 11.8 Å². The number of ether oxygens (including phenoxy) is 1. The Hall–Kier alpha value is -1.64. The lowest BCUT2D eigenvalue weighted by molar-refractivity contribution is -0.135. The van der Waals surface area contributed by atoms with Gasteiger partial charge in [-0.05, 0) is 62.5 Å². The van der Waals surface area contributed by atoms with Crippen LogP contribution in [0.3, 0.4) is 0 Å². The molecule has 1 heterocycles. The molecule has 0 aromatic heterocycles. The Morgan fingerprint density at radius 1 is 1.30 bits per heavy atom. The summed E-state index contributed by atoms with van der Waals surface area (Å²) in [6.45, 7) is 5.90. The molecule has 1 aromatic carbocycles. The Bertz CT molecular complexity index is 717. The summed E-state index contributed by atoms with van der Waals surface area (Å²) in [5, 5.41) is 3.16. The highest BCUT2D eigenvalue weighted by Crippen LogP contribution is 2.20. The van der Waals surface area contributed by atoms with Crippen LogP contribution in [0.1, 0.15) is 26.7 Å². The van der Waals surface area contributed by atoms with E-state index in [1.807, 2.05) is 20.9 Å². The number of rotatable bonds is 8. The van der Waals surface area contributed by atoms with E-state index in [2.05, 4.69) is 10.0 Å². The fourth-order valence-corrected chi connectivity index (χ4v) is 4.72. The SMILES string of the molecule is CNCC1CCCN(C(=O)C(NS(=O)(=O)c2ccc(OC)cc2)C(C)C)C1. The largest absolute Gasteiger partial charge is 0.497 e. The third-order valence-corrected chi connectivity index (χ3v) is 6.37. The monoisotopic (exact) mass is 397 g/mol. The second-order valence-corrected chi connectivity index (χ2v) is 9.08. The molecular formula is C19H31N3O4S. The summed E-state index contributed by atoms with van der Waals surface area (Å²) >= 11 is 0. The van der Waals surface area contributed by atoms with E-state index in [-0.39, 0.29) is 16.7 Å². The van der Waals surface area contributed by atoms with Crippen LogP contribution in [0.25, 0.3) is 0 Å². The lowest BCUT2D eigenvalue weighted by atomic mass is 9.96. The quantitative estimate of drug-likeness (QED) is 0.693. The maximum absolute atomic E-state index is 13.1. The Labute approximate surface area is 162 Å². The number of sulfonamides is 1. The lowest BCUT2D eigenvalue weighted by Gasteiger charge is -2.36. The summed E-state index contributed by atoms with van der Waals surface area (Å²) < 4.78 is 33.2. The molecule has 0 bridgehead atoms. The maximum atomic E-state index is 13.1. The van der Waals surface area contributed by atoms with Crippen molar-refractivity contribution in [1.82, 2.24) is 14.9 Å². The van der Waals surface area contributed by atoms with Crippen molar-refractivity contribution in [2.45, 2.75) is 37.6 Å². The third-order valence-electron chi connectivity index (χ3n) is 4.91. The molecule has 0 saturated carbocycles. The van der Waals surface area contributed by atoms with Gasteiger partial charge in [-0.2, -0.15) is 4.72 Å². The molecular weight excluding hydrogens is 366 g/mol. The van der Waals surface area contributed by atoms with Crippen molar-refractivity contribution in [3.05, 3.63) is 24.3 Å². The molecule has 2 rings (SSSR count). The smallest absolute Gasteiger partial charge is 0.241 e. The molecule has 0 radical (unpaired) electrons. The second kappa shape index (κ2) is 9.52. The average Bonchev–Trinajstić information content (AvgIpc) is 2.66. The van der Waals surface area contributed by atoms with E-state index in [1.165, 1.54) is 19.2 Å². The molecule has 2 atom stereocenters. The number of nitrogens with zero attached hydrogens (tertiary/aromatic N) is 1.